The molecule has 1 aromatic rings. The van der Waals surface area contributed by atoms with Crippen LogP contribution in [-0.4, -0.2) is 57.7 Å². The fourth-order valence-corrected chi connectivity index (χ4v) is 11.8. The van der Waals surface area contributed by atoms with E-state index in [2.05, 4.69) is 27.7 Å². The lowest BCUT2D eigenvalue weighted by Crippen LogP contribution is -2.62. The summed E-state index contributed by atoms with van der Waals surface area (Å²) >= 11 is 0. The molecule has 1 amide bonds. The molecule has 4 aliphatic rings. The first-order valence-electron chi connectivity index (χ1n) is 21.1. The summed E-state index contributed by atoms with van der Waals surface area (Å²) in [7, 11) is 0. The van der Waals surface area contributed by atoms with Crippen molar-refractivity contribution < 1.29 is 24.9 Å². The van der Waals surface area contributed by atoms with Crippen molar-refractivity contribution in [1.29, 1.82) is 0 Å². The second-order valence-electron chi connectivity index (χ2n) is 17.9. The van der Waals surface area contributed by atoms with Crippen LogP contribution in [0.5, 0.6) is 0 Å². The third-order valence-corrected chi connectivity index (χ3v) is 14.9. The topological polar surface area (TPSA) is 90.2 Å². The third-order valence-electron chi connectivity index (χ3n) is 14.9. The van der Waals surface area contributed by atoms with E-state index >= 15 is 0 Å². The zero-order valence-corrected chi connectivity index (χ0v) is 32.2. The van der Waals surface area contributed by atoms with Gasteiger partial charge < -0.3 is 25.0 Å². The van der Waals surface area contributed by atoms with Crippen molar-refractivity contribution in [3.05, 3.63) is 35.9 Å². The van der Waals surface area contributed by atoms with E-state index in [1.54, 1.807) is 0 Å². The Labute approximate surface area is 305 Å². The first-order chi connectivity index (χ1) is 24.1. The normalized spacial score (nSPS) is 35.5. The predicted molar refractivity (Wildman–Crippen MR) is 202 cm³/mol. The van der Waals surface area contributed by atoms with Crippen LogP contribution in [0.25, 0.3) is 0 Å². The summed E-state index contributed by atoms with van der Waals surface area (Å²) in [6.07, 6.45) is 20.0. The number of amides is 1. The summed E-state index contributed by atoms with van der Waals surface area (Å²) in [6, 6.07) is 9.96. The number of aliphatic hydroxyl groups is 3. The highest BCUT2D eigenvalue weighted by molar-refractivity contribution is 5.67. The summed E-state index contributed by atoms with van der Waals surface area (Å²) in [5.74, 6) is 2.10. The molecular weight excluding hydrogens is 622 g/mol. The number of benzene rings is 1. The van der Waals surface area contributed by atoms with Crippen LogP contribution < -0.4 is 0 Å². The highest BCUT2D eigenvalue weighted by atomic mass is 16.6. The molecule has 6 heteroatoms. The van der Waals surface area contributed by atoms with Crippen LogP contribution in [0.1, 0.15) is 155 Å². The monoisotopic (exact) mass is 696 g/mol. The smallest absolute Gasteiger partial charge is 0.410 e. The Balaban J connectivity index is 1.14. The van der Waals surface area contributed by atoms with Gasteiger partial charge in [0.05, 0.1) is 18.3 Å². The number of rotatable bonds is 18. The maximum Gasteiger partial charge on any atom is 0.410 e. The third kappa shape index (κ3) is 9.11. The lowest BCUT2D eigenvalue weighted by atomic mass is 9.43. The van der Waals surface area contributed by atoms with Crippen LogP contribution in [0.15, 0.2) is 30.3 Å². The molecule has 0 spiro atoms. The molecule has 284 valence electrons. The van der Waals surface area contributed by atoms with Gasteiger partial charge in [-0.05, 0) is 116 Å². The van der Waals surface area contributed by atoms with Gasteiger partial charge in [0.2, 0.25) is 0 Å². The zero-order valence-electron chi connectivity index (χ0n) is 32.2. The lowest BCUT2D eigenvalue weighted by Gasteiger charge is -2.63. The van der Waals surface area contributed by atoms with Crippen molar-refractivity contribution in [3.63, 3.8) is 0 Å². The van der Waals surface area contributed by atoms with Crippen molar-refractivity contribution in [2.45, 2.75) is 175 Å². The molecule has 50 heavy (non-hydrogen) atoms. The molecule has 11 atom stereocenters. The van der Waals surface area contributed by atoms with Crippen molar-refractivity contribution >= 4 is 6.09 Å². The van der Waals surface area contributed by atoms with Crippen LogP contribution in [-0.2, 0) is 11.3 Å². The van der Waals surface area contributed by atoms with Gasteiger partial charge in [0, 0.05) is 13.1 Å². The van der Waals surface area contributed by atoms with Gasteiger partial charge in [0.15, 0.2) is 0 Å². The Morgan fingerprint density at radius 3 is 2.20 bits per heavy atom. The van der Waals surface area contributed by atoms with Crippen molar-refractivity contribution in [1.82, 2.24) is 4.90 Å². The van der Waals surface area contributed by atoms with Gasteiger partial charge in [0.1, 0.15) is 6.61 Å². The summed E-state index contributed by atoms with van der Waals surface area (Å²) in [5, 5.41) is 34.1. The molecule has 5 rings (SSSR count). The first kappa shape index (κ1) is 39.6. The number of nitrogens with zero attached hydrogens (tertiary/aromatic N) is 1. The molecule has 1 aromatic carbocycles. The Morgan fingerprint density at radius 1 is 0.840 bits per heavy atom. The number of aliphatic hydroxyl groups excluding tert-OH is 3. The Bertz CT molecular complexity index is 1160. The van der Waals surface area contributed by atoms with Crippen molar-refractivity contribution in [2.75, 3.05) is 13.1 Å². The summed E-state index contributed by atoms with van der Waals surface area (Å²) in [6.45, 7) is 11.1. The molecule has 4 aliphatic carbocycles. The maximum absolute atomic E-state index is 13.4. The molecule has 0 bridgehead atoms. The van der Waals surface area contributed by atoms with Crippen LogP contribution in [0, 0.1) is 46.3 Å². The second-order valence-corrected chi connectivity index (χ2v) is 17.9. The SMILES string of the molecule is CCCCCCCCCCCCN(CCCC(C)[C@H]1CC[C@H]2C3[C@H](O)CC4C[C@H](O)CCC4(C)[C@H]3C[C@H](O)C12C)C(=O)OCc1ccccc1. The molecule has 0 aliphatic heterocycles. The van der Waals surface area contributed by atoms with E-state index in [0.29, 0.717) is 42.7 Å². The number of fused-ring (bicyclic) bond motifs is 5. The van der Waals surface area contributed by atoms with Gasteiger partial charge >= 0.3 is 6.09 Å². The van der Waals surface area contributed by atoms with Gasteiger partial charge in [-0.25, -0.2) is 4.79 Å². The minimum Gasteiger partial charge on any atom is -0.445 e. The molecule has 0 aromatic heterocycles. The van der Waals surface area contributed by atoms with E-state index in [-0.39, 0.29) is 41.2 Å². The first-order valence-corrected chi connectivity index (χ1v) is 21.1. The number of hydrogen-bond donors (Lipinski definition) is 3. The van der Waals surface area contributed by atoms with Crippen LogP contribution in [0.2, 0.25) is 0 Å². The zero-order chi connectivity index (χ0) is 35.7. The largest absolute Gasteiger partial charge is 0.445 e. The average Bonchev–Trinajstić information content (AvgIpc) is 3.47. The van der Waals surface area contributed by atoms with E-state index in [1.165, 1.54) is 51.4 Å². The summed E-state index contributed by atoms with van der Waals surface area (Å²) in [5.41, 5.74) is 0.921. The van der Waals surface area contributed by atoms with Gasteiger partial charge in [-0.1, -0.05) is 116 Å². The van der Waals surface area contributed by atoms with Gasteiger partial charge in [-0.3, -0.25) is 0 Å². The van der Waals surface area contributed by atoms with E-state index in [1.807, 2.05) is 35.2 Å². The quantitative estimate of drug-likeness (QED) is 0.133. The molecule has 0 radical (unpaired) electrons. The van der Waals surface area contributed by atoms with E-state index in [9.17, 15) is 20.1 Å². The fraction of sp³-hybridized carbons (Fsp3) is 0.841. The maximum atomic E-state index is 13.4. The average molecular weight is 696 g/mol. The van der Waals surface area contributed by atoms with E-state index in [4.69, 9.17) is 4.74 Å². The minimum absolute atomic E-state index is 0.0992. The molecule has 4 saturated carbocycles. The predicted octanol–water partition coefficient (Wildman–Crippen LogP) is 9.92. The molecule has 0 heterocycles. The lowest BCUT2D eigenvalue weighted by molar-refractivity contribution is -0.207. The minimum atomic E-state index is -0.362. The Kier molecular flexibility index (Phi) is 14.6. The van der Waals surface area contributed by atoms with Gasteiger partial charge in [-0.15, -0.1) is 0 Å². The second kappa shape index (κ2) is 18.4. The van der Waals surface area contributed by atoms with Crippen LogP contribution >= 0.6 is 0 Å². The highest BCUT2D eigenvalue weighted by Crippen LogP contribution is 2.68. The molecule has 6 nitrogen and oxygen atoms in total. The Morgan fingerprint density at radius 2 is 1.50 bits per heavy atom. The number of unbranched alkanes of at least 4 members (excludes halogenated alkanes) is 9. The van der Waals surface area contributed by atoms with Crippen molar-refractivity contribution in [3.8, 4) is 0 Å². The van der Waals surface area contributed by atoms with Crippen molar-refractivity contribution in [2.24, 2.45) is 46.3 Å². The molecule has 4 fully saturated rings. The van der Waals surface area contributed by atoms with Gasteiger partial charge in [-0.2, -0.15) is 0 Å². The Hall–Kier alpha value is -1.63. The number of carbonyl (C=O) groups excluding carboxylic acids is 1. The molecule has 0 saturated heterocycles. The van der Waals surface area contributed by atoms with E-state index < -0.39 is 0 Å². The molecular formula is C44H73NO5. The summed E-state index contributed by atoms with van der Waals surface area (Å²) in [4.78, 5) is 15.3. The number of hydrogen-bond acceptors (Lipinski definition) is 5. The highest BCUT2D eigenvalue weighted by Gasteiger charge is 2.65. The fourth-order valence-electron chi connectivity index (χ4n) is 11.8. The van der Waals surface area contributed by atoms with Crippen LogP contribution in [0.4, 0.5) is 4.79 Å². The summed E-state index contributed by atoms with van der Waals surface area (Å²) < 4.78 is 5.82. The number of carbonyl (C=O) groups is 1. The molecule has 5 unspecified atom stereocenters. The van der Waals surface area contributed by atoms with E-state index in [0.717, 1.165) is 82.7 Å². The van der Waals surface area contributed by atoms with Gasteiger partial charge in [0.25, 0.3) is 0 Å². The standard InChI is InChI=1S/C44H73NO5/c1-5-6-7-8-9-10-11-12-13-17-26-45(42(49)50-31-33-20-15-14-16-21-33)27-18-19-32(2)36-22-23-37-41-38(30-40(48)44(36,37)4)43(3)25-24-35(46)28-34(43)29-39(41)47/h14-16,20-21,32,34-41,46-48H,5-13,17-19,22-31H2,1-4H3/t32?,34?,35-,36-,37+,38+,39-,40+,41?,43?,44?/m1/s1. The van der Waals surface area contributed by atoms with Crippen LogP contribution in [0.3, 0.4) is 0 Å². The number of ether oxygens (including phenoxy) is 1. The molecule has 3 N–H and O–H groups in total.